The lowest BCUT2D eigenvalue weighted by Gasteiger charge is -2.12. The van der Waals surface area contributed by atoms with E-state index in [1.165, 1.54) is 0 Å². The molecule has 84 valence electrons. The summed E-state index contributed by atoms with van der Waals surface area (Å²) in [5.74, 6) is 0.759. The van der Waals surface area contributed by atoms with E-state index >= 15 is 0 Å². The van der Waals surface area contributed by atoms with Crippen LogP contribution in [0.1, 0.15) is 12.8 Å². The lowest BCUT2D eigenvalue weighted by Crippen LogP contribution is -2.29. The Morgan fingerprint density at radius 1 is 1.47 bits per heavy atom. The van der Waals surface area contributed by atoms with E-state index < -0.39 is 0 Å². The fourth-order valence-corrected chi connectivity index (χ4v) is 1.67. The first-order valence-corrected chi connectivity index (χ1v) is 5.64. The molecule has 15 heavy (non-hydrogen) atoms. The molecule has 0 heterocycles. The molecule has 5 heteroatoms. The largest absolute Gasteiger partial charge is 0.490 e. The average Bonchev–Trinajstić information content (AvgIpc) is 2.88. The van der Waals surface area contributed by atoms with Gasteiger partial charge in [0.2, 0.25) is 0 Å². The molecule has 1 aliphatic rings. The Labute approximate surface area is 109 Å². The van der Waals surface area contributed by atoms with Crippen LogP contribution in [-0.4, -0.2) is 12.1 Å². The van der Waals surface area contributed by atoms with Crippen molar-refractivity contribution < 1.29 is 4.74 Å². The molecule has 2 nitrogen and oxygen atoms in total. The summed E-state index contributed by atoms with van der Waals surface area (Å²) >= 11 is 9.29. The van der Waals surface area contributed by atoms with E-state index in [4.69, 9.17) is 22.1 Å². The van der Waals surface area contributed by atoms with Gasteiger partial charge >= 0.3 is 0 Å². The van der Waals surface area contributed by atoms with Gasteiger partial charge in [-0.3, -0.25) is 0 Å². The second-order valence-electron chi connectivity index (χ2n) is 3.70. The molecule has 0 amide bonds. The molecule has 1 fully saturated rings. The van der Waals surface area contributed by atoms with Crippen molar-refractivity contribution in [3.63, 3.8) is 0 Å². The quantitative estimate of drug-likeness (QED) is 0.928. The number of rotatable bonds is 3. The third kappa shape index (κ3) is 3.25. The monoisotopic (exact) mass is 311 g/mol. The average molecular weight is 313 g/mol. The van der Waals surface area contributed by atoms with Gasteiger partial charge in [-0.05, 0) is 40.9 Å². The molecule has 0 aromatic heterocycles. The van der Waals surface area contributed by atoms with Crippen molar-refractivity contribution in [1.29, 1.82) is 0 Å². The van der Waals surface area contributed by atoms with E-state index in [2.05, 4.69) is 15.9 Å². The van der Waals surface area contributed by atoms with Crippen molar-refractivity contribution in [2.75, 3.05) is 6.61 Å². The molecule has 1 saturated carbocycles. The molecule has 0 bridgehead atoms. The normalized spacial score (nSPS) is 16.7. The SMILES string of the molecule is Cl.NC1(COc2cccc(Cl)c2Br)CC1. The maximum absolute atomic E-state index is 5.92. The number of hydrogen-bond acceptors (Lipinski definition) is 2. The molecule has 0 saturated heterocycles. The van der Waals surface area contributed by atoms with Gasteiger partial charge in [-0.2, -0.15) is 0 Å². The first-order valence-electron chi connectivity index (χ1n) is 4.46. The number of hydrogen-bond donors (Lipinski definition) is 1. The highest BCUT2D eigenvalue weighted by Gasteiger charge is 2.39. The van der Waals surface area contributed by atoms with Crippen LogP contribution >= 0.6 is 39.9 Å². The third-order valence-electron chi connectivity index (χ3n) is 2.32. The molecular formula is C10H12BrCl2NO. The number of benzene rings is 1. The molecule has 0 atom stereocenters. The standard InChI is InChI=1S/C10H11BrClNO.ClH/c11-9-7(12)2-1-3-8(9)14-6-10(13)4-5-10;/h1-3H,4-6,13H2;1H. The molecule has 1 aromatic rings. The summed E-state index contributed by atoms with van der Waals surface area (Å²) in [5.41, 5.74) is 5.81. The van der Waals surface area contributed by atoms with E-state index in [1.54, 1.807) is 0 Å². The van der Waals surface area contributed by atoms with E-state index in [-0.39, 0.29) is 17.9 Å². The fourth-order valence-electron chi connectivity index (χ4n) is 1.12. The van der Waals surface area contributed by atoms with E-state index in [1.807, 2.05) is 18.2 Å². The predicted octanol–water partition coefficient (Wildman–Crippen LogP) is 3.39. The molecule has 0 unspecified atom stereocenters. The molecule has 2 N–H and O–H groups in total. The first-order chi connectivity index (χ1) is 6.61. The van der Waals surface area contributed by atoms with Crippen LogP contribution in [0, 0.1) is 0 Å². The van der Waals surface area contributed by atoms with Gasteiger partial charge in [0.15, 0.2) is 0 Å². The van der Waals surface area contributed by atoms with Gasteiger partial charge in [0.05, 0.1) is 15.0 Å². The molecule has 1 aliphatic carbocycles. The van der Waals surface area contributed by atoms with Gasteiger partial charge in [-0.25, -0.2) is 0 Å². The van der Waals surface area contributed by atoms with Crippen LogP contribution in [0.5, 0.6) is 5.75 Å². The summed E-state index contributed by atoms with van der Waals surface area (Å²) in [7, 11) is 0. The summed E-state index contributed by atoms with van der Waals surface area (Å²) in [4.78, 5) is 0. The Kier molecular flexibility index (Phi) is 4.29. The van der Waals surface area contributed by atoms with Gasteiger partial charge in [0, 0.05) is 0 Å². The molecular weight excluding hydrogens is 301 g/mol. The Bertz CT molecular complexity index is 355. The second kappa shape index (κ2) is 4.91. The Hall–Kier alpha value is 0.0400. The highest BCUT2D eigenvalue weighted by atomic mass is 79.9. The van der Waals surface area contributed by atoms with E-state index in [0.717, 1.165) is 23.1 Å². The minimum Gasteiger partial charge on any atom is -0.490 e. The molecule has 0 radical (unpaired) electrons. The Morgan fingerprint density at radius 3 is 2.73 bits per heavy atom. The summed E-state index contributed by atoms with van der Waals surface area (Å²) in [5, 5.41) is 0.657. The van der Waals surface area contributed by atoms with Crippen LogP contribution in [0.4, 0.5) is 0 Å². The molecule has 0 aliphatic heterocycles. The Balaban J connectivity index is 0.00000112. The summed E-state index contributed by atoms with van der Waals surface area (Å²) in [6.45, 7) is 0.561. The minimum atomic E-state index is -0.0955. The van der Waals surface area contributed by atoms with Crippen LogP contribution in [0.2, 0.25) is 5.02 Å². The van der Waals surface area contributed by atoms with Gasteiger partial charge in [0.25, 0.3) is 0 Å². The van der Waals surface area contributed by atoms with Crippen LogP contribution < -0.4 is 10.5 Å². The predicted molar refractivity (Wildman–Crippen MR) is 68.0 cm³/mol. The summed E-state index contributed by atoms with van der Waals surface area (Å²) < 4.78 is 6.39. The van der Waals surface area contributed by atoms with Crippen molar-refractivity contribution in [3.05, 3.63) is 27.7 Å². The fraction of sp³-hybridized carbons (Fsp3) is 0.400. The van der Waals surface area contributed by atoms with Gasteiger partial charge in [-0.1, -0.05) is 17.7 Å². The van der Waals surface area contributed by atoms with Crippen LogP contribution in [0.25, 0.3) is 0 Å². The number of nitrogens with two attached hydrogens (primary N) is 1. The smallest absolute Gasteiger partial charge is 0.135 e. The lowest BCUT2D eigenvalue weighted by atomic mass is 10.3. The highest BCUT2D eigenvalue weighted by Crippen LogP contribution is 2.36. The maximum atomic E-state index is 5.92. The van der Waals surface area contributed by atoms with Crippen molar-refractivity contribution in [2.24, 2.45) is 5.73 Å². The topological polar surface area (TPSA) is 35.2 Å². The zero-order valence-electron chi connectivity index (χ0n) is 8.00. The lowest BCUT2D eigenvalue weighted by molar-refractivity contribution is 0.278. The highest BCUT2D eigenvalue weighted by molar-refractivity contribution is 9.10. The van der Waals surface area contributed by atoms with Gasteiger partial charge < -0.3 is 10.5 Å². The first kappa shape index (κ1) is 13.1. The number of ether oxygens (including phenoxy) is 1. The Morgan fingerprint density at radius 2 is 2.13 bits per heavy atom. The van der Waals surface area contributed by atoms with Crippen molar-refractivity contribution in [1.82, 2.24) is 0 Å². The van der Waals surface area contributed by atoms with Crippen molar-refractivity contribution in [2.45, 2.75) is 18.4 Å². The van der Waals surface area contributed by atoms with E-state index in [0.29, 0.717) is 11.6 Å². The summed E-state index contributed by atoms with van der Waals surface area (Å²) in [6.07, 6.45) is 2.09. The maximum Gasteiger partial charge on any atom is 0.135 e. The van der Waals surface area contributed by atoms with E-state index in [9.17, 15) is 0 Å². The van der Waals surface area contributed by atoms with Gasteiger partial charge in [-0.15, -0.1) is 12.4 Å². The number of halogens is 3. The van der Waals surface area contributed by atoms with Gasteiger partial charge in [0.1, 0.15) is 12.4 Å². The summed E-state index contributed by atoms with van der Waals surface area (Å²) in [6, 6.07) is 5.55. The zero-order chi connectivity index (χ0) is 10.2. The van der Waals surface area contributed by atoms with Crippen molar-refractivity contribution >= 4 is 39.9 Å². The van der Waals surface area contributed by atoms with Crippen LogP contribution in [0.3, 0.4) is 0 Å². The molecule has 0 spiro atoms. The third-order valence-corrected chi connectivity index (χ3v) is 3.68. The second-order valence-corrected chi connectivity index (χ2v) is 4.90. The molecule has 1 aromatic carbocycles. The van der Waals surface area contributed by atoms with Crippen LogP contribution in [0.15, 0.2) is 22.7 Å². The van der Waals surface area contributed by atoms with Crippen molar-refractivity contribution in [3.8, 4) is 5.75 Å². The minimum absolute atomic E-state index is 0. The molecule has 2 rings (SSSR count). The zero-order valence-corrected chi connectivity index (χ0v) is 11.2. The van der Waals surface area contributed by atoms with Crippen LogP contribution in [-0.2, 0) is 0 Å².